The lowest BCUT2D eigenvalue weighted by Crippen LogP contribution is -2.28. The topological polar surface area (TPSA) is 48.0 Å². The molecule has 20 heavy (non-hydrogen) atoms. The minimum absolute atomic E-state index is 0.0654. The quantitative estimate of drug-likeness (QED) is 0.824. The van der Waals surface area contributed by atoms with Gasteiger partial charge in [-0.2, -0.15) is 0 Å². The van der Waals surface area contributed by atoms with Crippen LogP contribution in [0, 0.1) is 5.92 Å². The van der Waals surface area contributed by atoms with Crippen LogP contribution in [-0.2, 0) is 9.63 Å². The van der Waals surface area contributed by atoms with E-state index in [9.17, 15) is 4.79 Å². The molecule has 1 saturated carbocycles. The highest BCUT2D eigenvalue weighted by molar-refractivity contribution is 5.82. The van der Waals surface area contributed by atoms with Crippen LogP contribution < -0.4 is 9.47 Å². The molecule has 3 aliphatic rings. The van der Waals surface area contributed by atoms with Crippen molar-refractivity contribution in [2.24, 2.45) is 5.92 Å². The van der Waals surface area contributed by atoms with Crippen LogP contribution in [0.1, 0.15) is 24.3 Å². The van der Waals surface area contributed by atoms with E-state index < -0.39 is 0 Å². The van der Waals surface area contributed by atoms with Gasteiger partial charge in [0.05, 0.1) is 13.2 Å². The number of ether oxygens (including phenoxy) is 2. The fourth-order valence-electron chi connectivity index (χ4n) is 2.93. The highest BCUT2D eigenvalue weighted by atomic mass is 16.7. The molecule has 4 rings (SSSR count). The van der Waals surface area contributed by atoms with Crippen LogP contribution >= 0.6 is 0 Å². The summed E-state index contributed by atoms with van der Waals surface area (Å²) in [4.78, 5) is 17.6. The normalized spacial score (nSPS) is 27.5. The second-order valence-corrected chi connectivity index (χ2v) is 5.48. The standard InChI is InChI=1S/C15H17NO4/c17-15(16-4-1-5-20-16)12-9-11(12)10-2-3-13-14(8-10)19-7-6-18-13/h2-3,8,11-12H,1,4-7,9H2. The maximum absolute atomic E-state index is 12.2. The number of hydrogen-bond acceptors (Lipinski definition) is 4. The van der Waals surface area contributed by atoms with Gasteiger partial charge in [-0.15, -0.1) is 0 Å². The molecule has 0 radical (unpaired) electrons. The van der Waals surface area contributed by atoms with Gasteiger partial charge in [0.15, 0.2) is 11.5 Å². The molecule has 1 aromatic carbocycles. The molecular weight excluding hydrogens is 258 g/mol. The number of carbonyl (C=O) groups excluding carboxylic acids is 1. The maximum Gasteiger partial charge on any atom is 0.249 e. The number of carbonyl (C=O) groups is 1. The van der Waals surface area contributed by atoms with E-state index in [1.807, 2.05) is 18.2 Å². The molecular formula is C15H17NO4. The zero-order valence-corrected chi connectivity index (χ0v) is 11.2. The SMILES string of the molecule is O=C(C1CC1c1ccc2c(c1)OCCO2)N1CCCO1. The lowest BCUT2D eigenvalue weighted by atomic mass is 10.1. The van der Waals surface area contributed by atoms with E-state index >= 15 is 0 Å². The molecule has 0 spiro atoms. The monoisotopic (exact) mass is 275 g/mol. The molecule has 2 fully saturated rings. The Morgan fingerprint density at radius 1 is 1.15 bits per heavy atom. The van der Waals surface area contributed by atoms with E-state index in [1.165, 1.54) is 5.06 Å². The summed E-state index contributed by atoms with van der Waals surface area (Å²) >= 11 is 0. The van der Waals surface area contributed by atoms with Crippen LogP contribution in [0.15, 0.2) is 18.2 Å². The van der Waals surface area contributed by atoms with Gasteiger partial charge in [-0.05, 0) is 36.5 Å². The lowest BCUT2D eigenvalue weighted by Gasteiger charge is -2.19. The first-order valence-corrected chi connectivity index (χ1v) is 7.17. The summed E-state index contributed by atoms with van der Waals surface area (Å²) in [6, 6.07) is 5.99. The molecule has 0 bridgehead atoms. The van der Waals surface area contributed by atoms with Crippen molar-refractivity contribution in [1.29, 1.82) is 0 Å². The van der Waals surface area contributed by atoms with Gasteiger partial charge in [-0.1, -0.05) is 6.07 Å². The third-order valence-electron chi connectivity index (χ3n) is 4.10. The second kappa shape index (κ2) is 4.66. The lowest BCUT2D eigenvalue weighted by molar-refractivity contribution is -0.170. The van der Waals surface area contributed by atoms with Gasteiger partial charge < -0.3 is 9.47 Å². The minimum Gasteiger partial charge on any atom is -0.486 e. The van der Waals surface area contributed by atoms with Gasteiger partial charge in [-0.3, -0.25) is 9.63 Å². The summed E-state index contributed by atoms with van der Waals surface area (Å²) in [5.41, 5.74) is 1.16. The van der Waals surface area contributed by atoms with E-state index in [-0.39, 0.29) is 11.8 Å². The number of fused-ring (bicyclic) bond motifs is 1. The predicted molar refractivity (Wildman–Crippen MR) is 70.6 cm³/mol. The fraction of sp³-hybridized carbons (Fsp3) is 0.533. The molecule has 1 aliphatic carbocycles. The first kappa shape index (κ1) is 12.0. The molecule has 5 heteroatoms. The van der Waals surface area contributed by atoms with Gasteiger partial charge in [-0.25, -0.2) is 5.06 Å². The Labute approximate surface area is 117 Å². The summed E-state index contributed by atoms with van der Waals surface area (Å²) in [6.07, 6.45) is 1.84. The van der Waals surface area contributed by atoms with Crippen molar-refractivity contribution in [2.45, 2.75) is 18.8 Å². The zero-order valence-electron chi connectivity index (χ0n) is 11.2. The molecule has 1 amide bonds. The van der Waals surface area contributed by atoms with E-state index in [0.717, 1.165) is 36.4 Å². The predicted octanol–water partition coefficient (Wildman–Crippen LogP) is 1.73. The molecule has 1 aromatic rings. The maximum atomic E-state index is 12.2. The van der Waals surface area contributed by atoms with E-state index in [0.29, 0.717) is 25.7 Å². The van der Waals surface area contributed by atoms with Crippen molar-refractivity contribution in [3.63, 3.8) is 0 Å². The first-order valence-electron chi connectivity index (χ1n) is 7.17. The Balaban J connectivity index is 1.48. The van der Waals surface area contributed by atoms with Gasteiger partial charge in [0.1, 0.15) is 13.2 Å². The zero-order chi connectivity index (χ0) is 13.5. The summed E-state index contributed by atoms with van der Waals surface area (Å²) in [7, 11) is 0. The third kappa shape index (κ3) is 2.02. The molecule has 2 heterocycles. The van der Waals surface area contributed by atoms with Gasteiger partial charge in [0.2, 0.25) is 5.91 Å². The number of amides is 1. The van der Waals surface area contributed by atoms with Gasteiger partial charge in [0, 0.05) is 5.92 Å². The van der Waals surface area contributed by atoms with E-state index in [4.69, 9.17) is 14.3 Å². The number of rotatable bonds is 2. The summed E-state index contributed by atoms with van der Waals surface area (Å²) in [6.45, 7) is 2.57. The van der Waals surface area contributed by atoms with Gasteiger partial charge in [0.25, 0.3) is 0 Å². The number of hydrogen-bond donors (Lipinski definition) is 0. The molecule has 2 unspecified atom stereocenters. The second-order valence-electron chi connectivity index (χ2n) is 5.48. The van der Waals surface area contributed by atoms with Crippen molar-refractivity contribution in [3.05, 3.63) is 23.8 Å². The first-order chi connectivity index (χ1) is 9.83. The average molecular weight is 275 g/mol. The van der Waals surface area contributed by atoms with Crippen LogP contribution in [-0.4, -0.2) is 37.3 Å². The van der Waals surface area contributed by atoms with Crippen molar-refractivity contribution in [1.82, 2.24) is 5.06 Å². The Morgan fingerprint density at radius 2 is 2.00 bits per heavy atom. The Kier molecular flexibility index (Phi) is 2.80. The Hall–Kier alpha value is -1.75. The van der Waals surface area contributed by atoms with Crippen LogP contribution in [0.5, 0.6) is 11.5 Å². The molecule has 0 aromatic heterocycles. The van der Waals surface area contributed by atoms with E-state index in [2.05, 4.69) is 0 Å². The largest absolute Gasteiger partial charge is 0.486 e. The molecule has 5 nitrogen and oxygen atoms in total. The van der Waals surface area contributed by atoms with Crippen molar-refractivity contribution in [3.8, 4) is 11.5 Å². The number of hydroxylamine groups is 2. The van der Waals surface area contributed by atoms with Crippen molar-refractivity contribution in [2.75, 3.05) is 26.4 Å². The number of benzene rings is 1. The molecule has 106 valence electrons. The van der Waals surface area contributed by atoms with Crippen molar-refractivity contribution < 1.29 is 19.1 Å². The van der Waals surface area contributed by atoms with Crippen LogP contribution in [0.2, 0.25) is 0 Å². The van der Waals surface area contributed by atoms with Crippen LogP contribution in [0.3, 0.4) is 0 Å². The Morgan fingerprint density at radius 3 is 2.80 bits per heavy atom. The van der Waals surface area contributed by atoms with Gasteiger partial charge >= 0.3 is 0 Å². The average Bonchev–Trinajstić information content (AvgIpc) is 3.11. The molecule has 1 saturated heterocycles. The molecule has 2 atom stereocenters. The van der Waals surface area contributed by atoms with Crippen molar-refractivity contribution >= 4 is 5.91 Å². The third-order valence-corrected chi connectivity index (χ3v) is 4.10. The van der Waals surface area contributed by atoms with E-state index in [1.54, 1.807) is 0 Å². The minimum atomic E-state index is 0.0654. The smallest absolute Gasteiger partial charge is 0.249 e. The fourth-order valence-corrected chi connectivity index (χ4v) is 2.93. The summed E-state index contributed by atoms with van der Waals surface area (Å²) in [5, 5.41) is 1.53. The summed E-state index contributed by atoms with van der Waals surface area (Å²) < 4.78 is 11.1. The Bertz CT molecular complexity index is 539. The summed E-state index contributed by atoms with van der Waals surface area (Å²) in [5.74, 6) is 2.08. The molecule has 2 aliphatic heterocycles. The highest BCUT2D eigenvalue weighted by Gasteiger charge is 2.47. The molecule has 0 N–H and O–H groups in total. The number of nitrogens with zero attached hydrogens (tertiary/aromatic N) is 1. The highest BCUT2D eigenvalue weighted by Crippen LogP contribution is 2.50. The van der Waals surface area contributed by atoms with Crippen LogP contribution in [0.25, 0.3) is 0 Å². The van der Waals surface area contributed by atoms with Crippen LogP contribution in [0.4, 0.5) is 0 Å².